The van der Waals surface area contributed by atoms with Crippen molar-refractivity contribution < 1.29 is 14.3 Å². The molecule has 1 atom stereocenters. The minimum absolute atomic E-state index is 0.193. The molecule has 0 radical (unpaired) electrons. The van der Waals surface area contributed by atoms with Gasteiger partial charge in [-0.15, -0.1) is 0 Å². The van der Waals surface area contributed by atoms with E-state index in [1.165, 1.54) is 0 Å². The molecule has 1 unspecified atom stereocenters. The van der Waals surface area contributed by atoms with E-state index >= 15 is 0 Å². The molecule has 6 heteroatoms. The van der Waals surface area contributed by atoms with E-state index in [1.807, 2.05) is 18.2 Å². The summed E-state index contributed by atoms with van der Waals surface area (Å²) in [7, 11) is 1.65. The van der Waals surface area contributed by atoms with Gasteiger partial charge in [0.25, 0.3) is 0 Å². The highest BCUT2D eigenvalue weighted by atomic mass is 16.5. The molecule has 1 aromatic carbocycles. The molecule has 1 aliphatic heterocycles. The lowest BCUT2D eigenvalue weighted by Gasteiger charge is -2.24. The summed E-state index contributed by atoms with van der Waals surface area (Å²) in [6.45, 7) is 1.10. The van der Waals surface area contributed by atoms with Gasteiger partial charge in [0.2, 0.25) is 5.91 Å². The summed E-state index contributed by atoms with van der Waals surface area (Å²) < 4.78 is 5.30. The van der Waals surface area contributed by atoms with Gasteiger partial charge in [-0.05, 0) is 49.9 Å². The Morgan fingerprint density at radius 1 is 1.20 bits per heavy atom. The lowest BCUT2D eigenvalue weighted by molar-refractivity contribution is -0.121. The minimum atomic E-state index is -0.367. The van der Waals surface area contributed by atoms with Gasteiger partial charge in [0.15, 0.2) is 0 Å². The van der Waals surface area contributed by atoms with Crippen LogP contribution >= 0.6 is 0 Å². The number of ether oxygens (including phenoxy) is 1. The predicted octanol–water partition coefficient (Wildman–Crippen LogP) is 2.60. The van der Waals surface area contributed by atoms with E-state index < -0.39 is 0 Å². The quantitative estimate of drug-likeness (QED) is 0.860. The second kappa shape index (κ2) is 8.34. The Morgan fingerprint density at radius 3 is 2.76 bits per heavy atom. The molecular formula is C19H27N3O3. The van der Waals surface area contributed by atoms with Crippen molar-refractivity contribution in [2.45, 2.75) is 50.6 Å². The summed E-state index contributed by atoms with van der Waals surface area (Å²) in [5.41, 5.74) is 1.15. The Kier molecular flexibility index (Phi) is 5.91. The van der Waals surface area contributed by atoms with Gasteiger partial charge < -0.3 is 10.1 Å². The maximum absolute atomic E-state index is 12.2. The number of rotatable bonds is 5. The lowest BCUT2D eigenvalue weighted by Crippen LogP contribution is -2.46. The van der Waals surface area contributed by atoms with Crippen LogP contribution in [0.15, 0.2) is 24.3 Å². The van der Waals surface area contributed by atoms with Crippen LogP contribution in [-0.2, 0) is 4.79 Å². The average Bonchev–Trinajstić information content (AvgIpc) is 3.26. The molecule has 6 nitrogen and oxygen atoms in total. The van der Waals surface area contributed by atoms with Crippen LogP contribution in [0.2, 0.25) is 0 Å². The van der Waals surface area contributed by atoms with Crippen LogP contribution in [0.3, 0.4) is 0 Å². The third-order valence-electron chi connectivity index (χ3n) is 5.13. The van der Waals surface area contributed by atoms with Crippen molar-refractivity contribution in [3.8, 4) is 5.75 Å². The first-order valence-electron chi connectivity index (χ1n) is 9.14. The number of hydrogen-bond acceptors (Lipinski definition) is 4. The fraction of sp³-hybridized carbons (Fsp3) is 0.579. The molecule has 3 amide bonds. The van der Waals surface area contributed by atoms with Crippen LogP contribution in [0.4, 0.5) is 4.79 Å². The molecule has 0 aromatic heterocycles. The Morgan fingerprint density at radius 2 is 2.00 bits per heavy atom. The number of hydrogen-bond donors (Lipinski definition) is 2. The first kappa shape index (κ1) is 17.7. The van der Waals surface area contributed by atoms with Crippen LogP contribution in [0, 0.1) is 0 Å². The molecule has 1 heterocycles. The zero-order chi connectivity index (χ0) is 17.6. The average molecular weight is 345 g/mol. The highest BCUT2D eigenvalue weighted by Gasteiger charge is 2.28. The normalized spacial score (nSPS) is 21.2. The number of likely N-dealkylation sites (tertiary alicyclic amines) is 1. The van der Waals surface area contributed by atoms with Gasteiger partial charge in [0.1, 0.15) is 5.75 Å². The molecule has 2 aliphatic rings. The van der Waals surface area contributed by atoms with Crippen molar-refractivity contribution in [1.82, 2.24) is 15.5 Å². The van der Waals surface area contributed by atoms with Crippen LogP contribution < -0.4 is 15.4 Å². The Bertz CT molecular complexity index is 614. The third-order valence-corrected chi connectivity index (χ3v) is 5.13. The predicted molar refractivity (Wildman–Crippen MR) is 95.5 cm³/mol. The van der Waals surface area contributed by atoms with Gasteiger partial charge in [-0.1, -0.05) is 25.0 Å². The van der Waals surface area contributed by atoms with Gasteiger partial charge in [-0.25, -0.2) is 4.79 Å². The highest BCUT2D eigenvalue weighted by molar-refractivity contribution is 5.95. The van der Waals surface area contributed by atoms with Crippen molar-refractivity contribution in [2.24, 2.45) is 0 Å². The zero-order valence-electron chi connectivity index (χ0n) is 14.8. The van der Waals surface area contributed by atoms with Crippen molar-refractivity contribution in [3.63, 3.8) is 0 Å². The standard InChI is InChI=1S/C19H27N3O3/c1-25-16-9-4-6-14(12-16)17-10-5-11-22(17)13-18(23)21-19(24)20-15-7-2-3-8-15/h4,6,9,12,15,17H,2-3,5,7-8,10-11,13H2,1H3,(H2,20,21,23,24). The number of urea groups is 1. The van der Waals surface area contributed by atoms with Crippen molar-refractivity contribution in [3.05, 3.63) is 29.8 Å². The maximum Gasteiger partial charge on any atom is 0.321 e. The fourth-order valence-electron chi connectivity index (χ4n) is 3.88. The van der Waals surface area contributed by atoms with Gasteiger partial charge in [-0.3, -0.25) is 15.0 Å². The molecule has 1 aliphatic carbocycles. The molecule has 1 saturated heterocycles. The van der Waals surface area contributed by atoms with Crippen LogP contribution in [0.25, 0.3) is 0 Å². The molecule has 0 spiro atoms. The van der Waals surface area contributed by atoms with E-state index in [2.05, 4.69) is 21.6 Å². The molecule has 1 aromatic rings. The van der Waals surface area contributed by atoms with Crippen molar-refractivity contribution in [2.75, 3.05) is 20.2 Å². The van der Waals surface area contributed by atoms with Gasteiger partial charge in [-0.2, -0.15) is 0 Å². The molecule has 0 bridgehead atoms. The molecule has 25 heavy (non-hydrogen) atoms. The van der Waals surface area contributed by atoms with Crippen LogP contribution in [-0.4, -0.2) is 43.1 Å². The van der Waals surface area contributed by atoms with E-state index in [-0.39, 0.29) is 30.6 Å². The minimum Gasteiger partial charge on any atom is -0.497 e. The lowest BCUT2D eigenvalue weighted by atomic mass is 10.0. The second-order valence-corrected chi connectivity index (χ2v) is 6.91. The molecule has 136 valence electrons. The van der Waals surface area contributed by atoms with Crippen molar-refractivity contribution in [1.29, 1.82) is 0 Å². The number of carbonyl (C=O) groups is 2. The summed E-state index contributed by atoms with van der Waals surface area (Å²) in [4.78, 5) is 26.3. The van der Waals surface area contributed by atoms with Crippen LogP contribution in [0.1, 0.15) is 50.1 Å². The monoisotopic (exact) mass is 345 g/mol. The highest BCUT2D eigenvalue weighted by Crippen LogP contribution is 2.33. The molecular weight excluding hydrogens is 318 g/mol. The smallest absolute Gasteiger partial charge is 0.321 e. The zero-order valence-corrected chi connectivity index (χ0v) is 14.8. The summed E-state index contributed by atoms with van der Waals surface area (Å²) >= 11 is 0. The van der Waals surface area contributed by atoms with E-state index in [0.29, 0.717) is 0 Å². The topological polar surface area (TPSA) is 70.7 Å². The van der Waals surface area contributed by atoms with Crippen molar-refractivity contribution >= 4 is 11.9 Å². The Hall–Kier alpha value is -2.08. The second-order valence-electron chi connectivity index (χ2n) is 6.91. The number of nitrogens with one attached hydrogen (secondary N) is 2. The number of carbonyl (C=O) groups excluding carboxylic acids is 2. The summed E-state index contributed by atoms with van der Waals surface area (Å²) in [5, 5.41) is 5.36. The third kappa shape index (κ3) is 4.72. The Labute approximate surface area is 148 Å². The van der Waals surface area contributed by atoms with Gasteiger partial charge in [0, 0.05) is 12.1 Å². The number of methoxy groups -OCH3 is 1. The SMILES string of the molecule is COc1cccc(C2CCCN2CC(=O)NC(=O)NC2CCCC2)c1. The summed E-state index contributed by atoms with van der Waals surface area (Å²) in [5.74, 6) is 0.579. The maximum atomic E-state index is 12.2. The van der Waals surface area contributed by atoms with Crippen LogP contribution in [0.5, 0.6) is 5.75 Å². The summed E-state index contributed by atoms with van der Waals surface area (Å²) in [6.07, 6.45) is 6.36. The van der Waals surface area contributed by atoms with E-state index in [1.54, 1.807) is 7.11 Å². The number of benzene rings is 1. The van der Waals surface area contributed by atoms with Gasteiger partial charge >= 0.3 is 6.03 Å². The van der Waals surface area contributed by atoms with E-state index in [9.17, 15) is 9.59 Å². The molecule has 2 fully saturated rings. The largest absolute Gasteiger partial charge is 0.497 e. The first-order valence-corrected chi connectivity index (χ1v) is 9.14. The van der Waals surface area contributed by atoms with E-state index in [0.717, 1.165) is 56.4 Å². The molecule has 3 rings (SSSR count). The summed E-state index contributed by atoms with van der Waals surface area (Å²) in [6, 6.07) is 8.02. The number of amides is 3. The number of imide groups is 1. The fourth-order valence-corrected chi connectivity index (χ4v) is 3.88. The Balaban J connectivity index is 1.53. The van der Waals surface area contributed by atoms with Gasteiger partial charge in [0.05, 0.1) is 13.7 Å². The molecule has 1 saturated carbocycles. The number of nitrogens with zero attached hydrogens (tertiary/aromatic N) is 1. The van der Waals surface area contributed by atoms with E-state index in [4.69, 9.17) is 4.74 Å². The first-order chi connectivity index (χ1) is 12.2. The molecule has 2 N–H and O–H groups in total.